The molecule has 1 N–H and O–H groups in total. The van der Waals surface area contributed by atoms with Gasteiger partial charge >= 0.3 is 12.3 Å². The summed E-state index contributed by atoms with van der Waals surface area (Å²) in [5.74, 6) is -1.51. The van der Waals surface area contributed by atoms with Gasteiger partial charge in [0.05, 0.1) is 0 Å². The van der Waals surface area contributed by atoms with Crippen molar-refractivity contribution < 1.29 is 32.6 Å². The minimum absolute atomic E-state index is 0.0385. The van der Waals surface area contributed by atoms with E-state index in [1.54, 1.807) is 23.1 Å². The van der Waals surface area contributed by atoms with Crippen LogP contribution >= 0.6 is 0 Å². The van der Waals surface area contributed by atoms with Gasteiger partial charge in [-0.25, -0.2) is 4.79 Å². The number of allylic oxidation sites excluding steroid dienone is 2. The second-order valence-corrected chi connectivity index (χ2v) is 8.74. The van der Waals surface area contributed by atoms with Crippen LogP contribution < -0.4 is 9.64 Å². The first-order valence-corrected chi connectivity index (χ1v) is 10.8. The maximum Gasteiger partial charge on any atom is 0.573 e. The molecule has 0 aromatic heterocycles. The van der Waals surface area contributed by atoms with Gasteiger partial charge in [0.15, 0.2) is 0 Å². The predicted octanol–water partition coefficient (Wildman–Crippen LogP) is 6.25. The number of aryl methyl sites for hydroxylation is 1. The molecule has 1 aliphatic heterocycles. The van der Waals surface area contributed by atoms with Crippen molar-refractivity contribution in [2.75, 3.05) is 11.4 Å². The SMILES string of the molecule is CCN1C(=O)CC(C)(C)c2cc(C)c(-c3cc(C=CC=CC(=O)O)ccc3OC(F)(F)F)cc21. The quantitative estimate of drug-likeness (QED) is 0.398. The Labute approximate surface area is 196 Å². The summed E-state index contributed by atoms with van der Waals surface area (Å²) in [6.07, 6.45) is 0.796. The normalized spacial score (nSPS) is 15.7. The number of carboxylic acids is 1. The minimum Gasteiger partial charge on any atom is -0.478 e. The molecule has 1 aliphatic rings. The largest absolute Gasteiger partial charge is 0.573 e. The van der Waals surface area contributed by atoms with Crippen LogP contribution in [0.2, 0.25) is 0 Å². The number of fused-ring (bicyclic) bond motifs is 1. The van der Waals surface area contributed by atoms with Crippen LogP contribution in [-0.2, 0) is 15.0 Å². The van der Waals surface area contributed by atoms with Gasteiger partial charge in [-0.15, -0.1) is 13.2 Å². The summed E-state index contributed by atoms with van der Waals surface area (Å²) in [4.78, 5) is 25.0. The third-order valence-electron chi connectivity index (χ3n) is 5.73. The molecule has 0 spiro atoms. The highest BCUT2D eigenvalue weighted by molar-refractivity contribution is 5.99. The molecule has 5 nitrogen and oxygen atoms in total. The van der Waals surface area contributed by atoms with E-state index in [4.69, 9.17) is 5.11 Å². The van der Waals surface area contributed by atoms with Gasteiger partial charge in [0, 0.05) is 35.7 Å². The number of hydrogen-bond donors (Lipinski definition) is 1. The fraction of sp³-hybridized carbons (Fsp3) is 0.308. The summed E-state index contributed by atoms with van der Waals surface area (Å²) in [6, 6.07) is 7.91. The first-order chi connectivity index (χ1) is 15.8. The second kappa shape index (κ2) is 9.37. The first-order valence-electron chi connectivity index (χ1n) is 10.8. The Kier molecular flexibility index (Phi) is 6.91. The van der Waals surface area contributed by atoms with E-state index in [0.717, 1.165) is 17.2 Å². The predicted molar refractivity (Wildman–Crippen MR) is 125 cm³/mol. The third-order valence-corrected chi connectivity index (χ3v) is 5.73. The van der Waals surface area contributed by atoms with Crippen molar-refractivity contribution in [3.63, 3.8) is 0 Å². The number of carbonyl (C=O) groups excluding carboxylic acids is 1. The average Bonchev–Trinajstić information content (AvgIpc) is 2.71. The van der Waals surface area contributed by atoms with Gasteiger partial charge in [0.2, 0.25) is 5.91 Å². The summed E-state index contributed by atoms with van der Waals surface area (Å²) in [7, 11) is 0. The molecule has 180 valence electrons. The topological polar surface area (TPSA) is 66.8 Å². The van der Waals surface area contributed by atoms with E-state index in [0.29, 0.717) is 29.8 Å². The lowest BCUT2D eigenvalue weighted by Crippen LogP contribution is -2.41. The highest BCUT2D eigenvalue weighted by atomic mass is 19.4. The Morgan fingerprint density at radius 3 is 2.50 bits per heavy atom. The minimum atomic E-state index is -4.88. The molecule has 0 fully saturated rings. The van der Waals surface area contributed by atoms with Crippen LogP contribution in [0.1, 0.15) is 43.9 Å². The standard InChI is InChI=1S/C26H26F3NO4/c1-5-30-21-14-18(16(2)12-20(21)25(3,4)15-23(30)31)19-13-17(8-6-7-9-24(32)33)10-11-22(19)34-26(27,28)29/h6-14H,5,15H2,1-4H3,(H,32,33). The van der Waals surface area contributed by atoms with E-state index in [1.807, 2.05) is 33.8 Å². The Hall–Kier alpha value is -3.55. The Morgan fingerprint density at radius 1 is 1.18 bits per heavy atom. The van der Waals surface area contributed by atoms with Crippen LogP contribution in [-0.4, -0.2) is 29.9 Å². The van der Waals surface area contributed by atoms with Crippen LogP contribution in [0.3, 0.4) is 0 Å². The molecular weight excluding hydrogens is 447 g/mol. The molecule has 0 aliphatic carbocycles. The van der Waals surface area contributed by atoms with Gasteiger partial charge in [-0.05, 0) is 54.3 Å². The Bertz CT molecular complexity index is 1180. The van der Waals surface area contributed by atoms with E-state index < -0.39 is 17.7 Å². The number of alkyl halides is 3. The number of carboxylic acid groups (broad SMARTS) is 1. The molecule has 0 unspecified atom stereocenters. The number of aliphatic carboxylic acids is 1. The number of carbonyl (C=O) groups is 2. The number of anilines is 1. The van der Waals surface area contributed by atoms with Gasteiger partial charge < -0.3 is 14.7 Å². The van der Waals surface area contributed by atoms with Gasteiger partial charge in [0.1, 0.15) is 5.75 Å². The number of nitrogens with zero attached hydrogens (tertiary/aromatic N) is 1. The Morgan fingerprint density at radius 2 is 1.88 bits per heavy atom. The van der Waals surface area contributed by atoms with Crippen LogP contribution in [0.25, 0.3) is 17.2 Å². The van der Waals surface area contributed by atoms with Crippen LogP contribution in [0, 0.1) is 6.92 Å². The Balaban J connectivity index is 2.20. The van der Waals surface area contributed by atoms with Gasteiger partial charge in [-0.2, -0.15) is 0 Å². The highest BCUT2D eigenvalue weighted by Crippen LogP contribution is 2.45. The number of hydrogen-bond acceptors (Lipinski definition) is 3. The average molecular weight is 473 g/mol. The maximum absolute atomic E-state index is 13.2. The van der Waals surface area contributed by atoms with Crippen LogP contribution in [0.5, 0.6) is 5.75 Å². The maximum atomic E-state index is 13.2. The van der Waals surface area contributed by atoms with E-state index in [1.165, 1.54) is 24.3 Å². The molecule has 0 saturated carbocycles. The number of amides is 1. The van der Waals surface area contributed by atoms with Gasteiger partial charge in [-0.3, -0.25) is 4.79 Å². The molecule has 34 heavy (non-hydrogen) atoms. The molecule has 2 aromatic rings. The number of ether oxygens (including phenoxy) is 1. The second-order valence-electron chi connectivity index (χ2n) is 8.74. The summed E-state index contributed by atoms with van der Waals surface area (Å²) in [6.45, 7) is 8.06. The molecule has 2 aromatic carbocycles. The van der Waals surface area contributed by atoms with Crippen molar-refractivity contribution in [3.8, 4) is 16.9 Å². The van der Waals surface area contributed by atoms with Crippen molar-refractivity contribution in [2.45, 2.75) is 45.9 Å². The van der Waals surface area contributed by atoms with Crippen molar-refractivity contribution in [2.24, 2.45) is 0 Å². The van der Waals surface area contributed by atoms with Crippen molar-refractivity contribution >= 4 is 23.6 Å². The summed E-state index contributed by atoms with van der Waals surface area (Å²) in [5.41, 5.74) is 3.26. The molecular formula is C26H26F3NO4. The summed E-state index contributed by atoms with van der Waals surface area (Å²) >= 11 is 0. The molecule has 3 rings (SSSR count). The molecule has 1 amide bonds. The molecule has 0 radical (unpaired) electrons. The van der Waals surface area contributed by atoms with E-state index >= 15 is 0 Å². The number of rotatable bonds is 6. The molecule has 0 bridgehead atoms. The van der Waals surface area contributed by atoms with Crippen molar-refractivity contribution in [1.29, 1.82) is 0 Å². The van der Waals surface area contributed by atoms with E-state index in [-0.39, 0.29) is 17.2 Å². The molecule has 1 heterocycles. The molecule has 0 atom stereocenters. The van der Waals surface area contributed by atoms with Crippen LogP contribution in [0.15, 0.2) is 48.6 Å². The zero-order valence-electron chi connectivity index (χ0n) is 19.4. The fourth-order valence-electron chi connectivity index (χ4n) is 4.18. The monoisotopic (exact) mass is 473 g/mol. The number of benzene rings is 2. The molecule has 0 saturated heterocycles. The van der Waals surface area contributed by atoms with Gasteiger partial charge in [0.25, 0.3) is 0 Å². The lowest BCUT2D eigenvalue weighted by Gasteiger charge is -2.39. The third kappa shape index (κ3) is 5.50. The van der Waals surface area contributed by atoms with Gasteiger partial charge in [-0.1, -0.05) is 44.2 Å². The van der Waals surface area contributed by atoms with Crippen molar-refractivity contribution in [1.82, 2.24) is 0 Å². The smallest absolute Gasteiger partial charge is 0.478 e. The zero-order chi connectivity index (χ0) is 25.3. The molecule has 8 heteroatoms. The highest BCUT2D eigenvalue weighted by Gasteiger charge is 2.37. The number of halogens is 3. The summed E-state index contributed by atoms with van der Waals surface area (Å²) < 4.78 is 43.8. The van der Waals surface area contributed by atoms with Crippen LogP contribution in [0.4, 0.5) is 18.9 Å². The summed E-state index contributed by atoms with van der Waals surface area (Å²) in [5, 5.41) is 8.70. The zero-order valence-corrected chi connectivity index (χ0v) is 19.4. The fourth-order valence-corrected chi connectivity index (χ4v) is 4.18. The first kappa shape index (κ1) is 25.1. The lowest BCUT2D eigenvalue weighted by molar-refractivity contribution is -0.274. The lowest BCUT2D eigenvalue weighted by atomic mass is 9.75. The van der Waals surface area contributed by atoms with Crippen molar-refractivity contribution in [3.05, 3.63) is 65.3 Å². The van der Waals surface area contributed by atoms with E-state index in [2.05, 4.69) is 4.74 Å². The van der Waals surface area contributed by atoms with E-state index in [9.17, 15) is 22.8 Å².